The number of rotatable bonds is 2. The Bertz CT molecular complexity index is 727. The number of hydrogen-bond acceptors (Lipinski definition) is 4. The van der Waals surface area contributed by atoms with Crippen molar-refractivity contribution in [2.24, 2.45) is 0 Å². The van der Waals surface area contributed by atoms with E-state index in [1.165, 1.54) is 0 Å². The van der Waals surface area contributed by atoms with Gasteiger partial charge in [-0.2, -0.15) is 15.0 Å². The van der Waals surface area contributed by atoms with Crippen molar-refractivity contribution < 1.29 is 0 Å². The molecule has 0 saturated carbocycles. The normalized spacial score (nSPS) is 10.5. The van der Waals surface area contributed by atoms with Crippen molar-refractivity contribution in [3.63, 3.8) is 0 Å². The lowest BCUT2D eigenvalue weighted by Crippen LogP contribution is -1.93. The molecule has 0 aliphatic carbocycles. The first-order valence-corrected chi connectivity index (χ1v) is 6.56. The van der Waals surface area contributed by atoms with Crippen LogP contribution >= 0.6 is 23.2 Å². The third-order valence-corrected chi connectivity index (χ3v) is 3.05. The van der Waals surface area contributed by atoms with Crippen molar-refractivity contribution in [1.29, 1.82) is 0 Å². The molecule has 0 radical (unpaired) electrons. The molecule has 2 aromatic heterocycles. The van der Waals surface area contributed by atoms with E-state index in [2.05, 4.69) is 19.9 Å². The minimum absolute atomic E-state index is 0.0781. The van der Waals surface area contributed by atoms with Crippen molar-refractivity contribution in [1.82, 2.24) is 19.9 Å². The van der Waals surface area contributed by atoms with Gasteiger partial charge in [0.1, 0.15) is 0 Å². The van der Waals surface area contributed by atoms with Gasteiger partial charge < -0.3 is 0 Å². The number of pyridine rings is 1. The molecule has 98 valence electrons. The number of halogens is 2. The molecule has 0 aliphatic heterocycles. The molecule has 3 aromatic rings. The fourth-order valence-corrected chi connectivity index (χ4v) is 2.20. The summed E-state index contributed by atoms with van der Waals surface area (Å²) in [5, 5.41) is 0.156. The molecule has 6 heteroatoms. The van der Waals surface area contributed by atoms with Crippen LogP contribution in [0.2, 0.25) is 10.6 Å². The lowest BCUT2D eigenvalue weighted by Gasteiger charge is -2.05. The van der Waals surface area contributed by atoms with Crippen LogP contribution in [0.1, 0.15) is 0 Å². The molecule has 0 unspecified atom stereocenters. The Morgan fingerprint density at radius 2 is 1.35 bits per heavy atom. The van der Waals surface area contributed by atoms with Crippen LogP contribution in [0.15, 0.2) is 48.8 Å². The average molecular weight is 303 g/mol. The molecule has 0 atom stereocenters. The van der Waals surface area contributed by atoms with Gasteiger partial charge in [0.25, 0.3) is 0 Å². The van der Waals surface area contributed by atoms with E-state index in [0.29, 0.717) is 5.82 Å². The van der Waals surface area contributed by atoms with E-state index < -0.39 is 0 Å². The maximum atomic E-state index is 5.80. The largest absolute Gasteiger partial charge is 0.265 e. The minimum Gasteiger partial charge on any atom is -0.265 e. The van der Waals surface area contributed by atoms with Gasteiger partial charge in [0.05, 0.1) is 0 Å². The van der Waals surface area contributed by atoms with Crippen molar-refractivity contribution in [3.8, 4) is 22.5 Å². The summed E-state index contributed by atoms with van der Waals surface area (Å²) in [6.07, 6.45) is 3.50. The zero-order chi connectivity index (χ0) is 13.9. The van der Waals surface area contributed by atoms with Crippen LogP contribution in [0.25, 0.3) is 22.5 Å². The fraction of sp³-hybridized carbons (Fsp3) is 0. The molecule has 1 aromatic carbocycles. The molecule has 0 bridgehead atoms. The number of benzene rings is 1. The monoisotopic (exact) mass is 302 g/mol. The molecular formula is C14H8Cl2N4. The van der Waals surface area contributed by atoms with Crippen molar-refractivity contribution in [2.45, 2.75) is 0 Å². The molecule has 0 spiro atoms. The van der Waals surface area contributed by atoms with Gasteiger partial charge in [0.15, 0.2) is 5.82 Å². The van der Waals surface area contributed by atoms with Gasteiger partial charge >= 0.3 is 0 Å². The number of nitrogens with zero attached hydrogens (tertiary/aromatic N) is 4. The third kappa shape index (κ3) is 2.76. The van der Waals surface area contributed by atoms with E-state index in [9.17, 15) is 0 Å². The van der Waals surface area contributed by atoms with E-state index in [4.69, 9.17) is 23.2 Å². The molecular weight excluding hydrogens is 295 g/mol. The highest BCUT2D eigenvalue weighted by Gasteiger charge is 2.07. The van der Waals surface area contributed by atoms with Crippen LogP contribution in [0.5, 0.6) is 0 Å². The van der Waals surface area contributed by atoms with E-state index in [0.717, 1.165) is 16.7 Å². The quantitative estimate of drug-likeness (QED) is 0.720. The van der Waals surface area contributed by atoms with Crippen LogP contribution in [0.4, 0.5) is 0 Å². The second-order valence-electron chi connectivity index (χ2n) is 4.01. The van der Waals surface area contributed by atoms with Crippen LogP contribution in [-0.2, 0) is 0 Å². The number of hydrogen-bond donors (Lipinski definition) is 0. The lowest BCUT2D eigenvalue weighted by molar-refractivity contribution is 1.06. The van der Waals surface area contributed by atoms with Crippen LogP contribution in [-0.4, -0.2) is 19.9 Å². The second-order valence-corrected chi connectivity index (χ2v) is 4.69. The zero-order valence-electron chi connectivity index (χ0n) is 10.2. The van der Waals surface area contributed by atoms with Crippen molar-refractivity contribution in [2.75, 3.05) is 0 Å². The maximum Gasteiger partial charge on any atom is 0.227 e. The summed E-state index contributed by atoms with van der Waals surface area (Å²) >= 11 is 11.6. The highest BCUT2D eigenvalue weighted by atomic mass is 35.5. The van der Waals surface area contributed by atoms with Crippen LogP contribution < -0.4 is 0 Å². The van der Waals surface area contributed by atoms with Gasteiger partial charge in [0, 0.05) is 18.0 Å². The lowest BCUT2D eigenvalue weighted by atomic mass is 10.0. The first kappa shape index (κ1) is 13.0. The molecule has 0 amide bonds. The summed E-state index contributed by atoms with van der Waals surface area (Å²) in [4.78, 5) is 15.9. The predicted octanol–water partition coefficient (Wildman–Crippen LogP) is 3.91. The summed E-state index contributed by atoms with van der Waals surface area (Å²) in [6, 6.07) is 11.7. The Morgan fingerprint density at radius 1 is 0.700 bits per heavy atom. The second kappa shape index (κ2) is 5.53. The van der Waals surface area contributed by atoms with Gasteiger partial charge in [-0.1, -0.05) is 18.2 Å². The zero-order valence-corrected chi connectivity index (χ0v) is 11.7. The summed E-state index contributed by atoms with van der Waals surface area (Å²) < 4.78 is 0. The molecule has 0 aliphatic rings. The van der Waals surface area contributed by atoms with E-state index in [1.807, 2.05) is 36.4 Å². The minimum atomic E-state index is 0.0781. The van der Waals surface area contributed by atoms with Crippen LogP contribution in [0.3, 0.4) is 0 Å². The highest BCUT2D eigenvalue weighted by Crippen LogP contribution is 2.24. The van der Waals surface area contributed by atoms with Gasteiger partial charge in [-0.3, -0.25) is 4.98 Å². The Morgan fingerprint density at radius 3 is 2.05 bits per heavy atom. The van der Waals surface area contributed by atoms with E-state index >= 15 is 0 Å². The molecule has 20 heavy (non-hydrogen) atoms. The van der Waals surface area contributed by atoms with Gasteiger partial charge in [-0.25, -0.2) is 0 Å². The Kier molecular flexibility index (Phi) is 3.58. The summed E-state index contributed by atoms with van der Waals surface area (Å²) in [7, 11) is 0. The Balaban J connectivity index is 2.07. The molecule has 4 nitrogen and oxygen atoms in total. The number of aromatic nitrogens is 4. The van der Waals surface area contributed by atoms with E-state index in [1.54, 1.807) is 12.4 Å². The van der Waals surface area contributed by atoms with Crippen molar-refractivity contribution in [3.05, 3.63) is 59.4 Å². The van der Waals surface area contributed by atoms with E-state index in [-0.39, 0.29) is 10.6 Å². The molecule has 0 N–H and O–H groups in total. The summed E-state index contributed by atoms with van der Waals surface area (Å²) in [6.45, 7) is 0. The third-order valence-electron chi connectivity index (χ3n) is 2.72. The first-order chi connectivity index (χ1) is 9.72. The Labute approximate surface area is 125 Å². The molecule has 3 rings (SSSR count). The molecule has 0 fully saturated rings. The SMILES string of the molecule is Clc1nc(Cl)nc(-c2cccc(-c3ccncc3)c2)n1. The van der Waals surface area contributed by atoms with Gasteiger partial charge in [0.2, 0.25) is 10.6 Å². The molecule has 2 heterocycles. The smallest absolute Gasteiger partial charge is 0.227 e. The van der Waals surface area contributed by atoms with Gasteiger partial charge in [-0.15, -0.1) is 0 Å². The predicted molar refractivity (Wildman–Crippen MR) is 78.5 cm³/mol. The Hall–Kier alpha value is -2.04. The average Bonchev–Trinajstić information content (AvgIpc) is 2.47. The summed E-state index contributed by atoms with van der Waals surface area (Å²) in [5.41, 5.74) is 2.93. The summed E-state index contributed by atoms with van der Waals surface area (Å²) in [5.74, 6) is 0.450. The first-order valence-electron chi connectivity index (χ1n) is 5.80. The topological polar surface area (TPSA) is 51.6 Å². The molecule has 0 saturated heterocycles. The fourth-order valence-electron chi connectivity index (χ4n) is 1.84. The van der Waals surface area contributed by atoms with Crippen LogP contribution in [0, 0.1) is 0 Å². The highest BCUT2D eigenvalue weighted by molar-refractivity contribution is 6.31. The standard InChI is InChI=1S/C14H8Cl2N4/c15-13-18-12(19-14(16)20-13)11-3-1-2-10(8-11)9-4-6-17-7-5-9/h1-8H. The van der Waals surface area contributed by atoms with Gasteiger partial charge in [-0.05, 0) is 52.5 Å². The maximum absolute atomic E-state index is 5.80. The van der Waals surface area contributed by atoms with Crippen molar-refractivity contribution >= 4 is 23.2 Å².